The van der Waals surface area contributed by atoms with Gasteiger partial charge in [-0.25, -0.2) is 0 Å². The number of benzene rings is 2. The van der Waals surface area contributed by atoms with Gasteiger partial charge in [0.2, 0.25) is 6.54 Å². The van der Waals surface area contributed by atoms with Gasteiger partial charge >= 0.3 is 0 Å². The average Bonchev–Trinajstić information content (AvgIpc) is 3.08. The van der Waals surface area contributed by atoms with Crippen LogP contribution in [0, 0.1) is 22.0 Å². The van der Waals surface area contributed by atoms with Crippen molar-refractivity contribution in [3.05, 3.63) is 88.0 Å². The van der Waals surface area contributed by atoms with Gasteiger partial charge in [-0.3, -0.25) is 14.9 Å². The Hall–Kier alpha value is -3.03. The predicted molar refractivity (Wildman–Crippen MR) is 103 cm³/mol. The van der Waals surface area contributed by atoms with Crippen molar-refractivity contribution in [1.29, 1.82) is 0 Å². The molecule has 7 nitrogen and oxygen atoms in total. The summed E-state index contributed by atoms with van der Waals surface area (Å²) in [5.74, 6) is -1.65. The molecule has 1 spiro atoms. The maximum Gasteiger partial charge on any atom is 0.252 e. The summed E-state index contributed by atoms with van der Waals surface area (Å²) in [6, 6.07) is 15.5. The van der Waals surface area contributed by atoms with Gasteiger partial charge in [-0.05, 0) is 18.6 Å². The SMILES string of the molecule is C=C(C)[C@H]1[C@H](C[N+](=O)[O-])[C@@H](c2ccccc2)N(O)[C@@]12C(=O)Nc1ccccc12. The molecule has 2 aromatic rings. The van der Waals surface area contributed by atoms with E-state index >= 15 is 0 Å². The molecule has 1 amide bonds. The number of para-hydroxylation sites is 1. The first-order valence-corrected chi connectivity index (χ1v) is 9.10. The van der Waals surface area contributed by atoms with Crippen LogP contribution in [0.15, 0.2) is 66.7 Å². The van der Waals surface area contributed by atoms with Crippen LogP contribution in [0.4, 0.5) is 5.69 Å². The van der Waals surface area contributed by atoms with E-state index in [1.165, 1.54) is 0 Å². The van der Waals surface area contributed by atoms with E-state index in [1.54, 1.807) is 31.2 Å². The highest BCUT2D eigenvalue weighted by molar-refractivity contribution is 6.06. The fourth-order valence-corrected chi connectivity index (χ4v) is 4.97. The summed E-state index contributed by atoms with van der Waals surface area (Å²) in [5.41, 5.74) is 1.10. The lowest BCUT2D eigenvalue weighted by Gasteiger charge is -2.35. The minimum absolute atomic E-state index is 0.384. The second-order valence-corrected chi connectivity index (χ2v) is 7.47. The molecule has 0 radical (unpaired) electrons. The molecule has 0 saturated carbocycles. The molecule has 4 atom stereocenters. The summed E-state index contributed by atoms with van der Waals surface area (Å²) < 4.78 is 0. The van der Waals surface area contributed by atoms with Gasteiger partial charge in [0.25, 0.3) is 5.91 Å². The summed E-state index contributed by atoms with van der Waals surface area (Å²) >= 11 is 0. The molecular weight excluding hydrogens is 358 g/mol. The van der Waals surface area contributed by atoms with Crippen molar-refractivity contribution in [3.8, 4) is 0 Å². The maximum absolute atomic E-state index is 13.3. The molecule has 0 bridgehead atoms. The zero-order valence-corrected chi connectivity index (χ0v) is 15.4. The van der Waals surface area contributed by atoms with E-state index < -0.39 is 29.3 Å². The van der Waals surface area contributed by atoms with E-state index in [0.717, 1.165) is 10.6 Å². The van der Waals surface area contributed by atoms with E-state index in [2.05, 4.69) is 11.9 Å². The first kappa shape index (κ1) is 18.3. The second kappa shape index (κ2) is 6.54. The lowest BCUT2D eigenvalue weighted by Crippen LogP contribution is -2.50. The number of rotatable bonds is 4. The van der Waals surface area contributed by atoms with Crippen molar-refractivity contribution >= 4 is 11.6 Å². The number of hydroxylamine groups is 2. The summed E-state index contributed by atoms with van der Waals surface area (Å²) in [5, 5.41) is 26.8. The van der Waals surface area contributed by atoms with Crippen molar-refractivity contribution in [3.63, 3.8) is 0 Å². The highest BCUT2D eigenvalue weighted by Gasteiger charge is 2.68. The molecular formula is C21H21N3O4. The minimum atomic E-state index is -1.45. The number of hydrogen-bond donors (Lipinski definition) is 2. The van der Waals surface area contributed by atoms with E-state index in [-0.39, 0.29) is 11.5 Å². The molecule has 1 saturated heterocycles. The first-order chi connectivity index (χ1) is 13.4. The molecule has 2 aliphatic heterocycles. The van der Waals surface area contributed by atoms with Gasteiger partial charge in [-0.15, -0.1) is 0 Å². The Bertz CT molecular complexity index is 961. The van der Waals surface area contributed by atoms with Crippen LogP contribution >= 0.6 is 0 Å². The standard InChI is InChI=1S/C21H21N3O4/c1-13(2)18-15(12-23(26)27)19(14-8-4-3-5-9-14)24(28)21(18)16-10-6-7-11-17(16)22-20(21)25/h3-11,15,18-19,28H,1,12H2,2H3,(H,22,25)/t15-,18-,19+,21+/m0/s1. The van der Waals surface area contributed by atoms with Crippen LogP contribution in [-0.4, -0.2) is 27.6 Å². The molecule has 0 aromatic heterocycles. The molecule has 2 N–H and O–H groups in total. The lowest BCUT2D eigenvalue weighted by atomic mass is 9.71. The fraction of sp³-hybridized carbons (Fsp3) is 0.286. The Morgan fingerprint density at radius 2 is 1.89 bits per heavy atom. The van der Waals surface area contributed by atoms with E-state index in [1.807, 2.05) is 30.3 Å². The third-order valence-electron chi connectivity index (χ3n) is 5.87. The summed E-state index contributed by atoms with van der Waals surface area (Å²) in [6.07, 6.45) is 0. The molecule has 28 heavy (non-hydrogen) atoms. The highest BCUT2D eigenvalue weighted by atomic mass is 16.6. The van der Waals surface area contributed by atoms with Crippen molar-refractivity contribution in [2.45, 2.75) is 18.5 Å². The number of fused-ring (bicyclic) bond motifs is 2. The number of amides is 1. The highest BCUT2D eigenvalue weighted by Crippen LogP contribution is 2.60. The molecule has 1 fully saturated rings. The Labute approximate surface area is 162 Å². The van der Waals surface area contributed by atoms with Crippen molar-refractivity contribution < 1.29 is 14.9 Å². The fourth-order valence-electron chi connectivity index (χ4n) is 4.97. The Balaban J connectivity index is 1.98. The van der Waals surface area contributed by atoms with Gasteiger partial charge < -0.3 is 10.5 Å². The number of anilines is 1. The van der Waals surface area contributed by atoms with Gasteiger partial charge in [0.1, 0.15) is 0 Å². The van der Waals surface area contributed by atoms with Crippen molar-refractivity contribution in [2.24, 2.45) is 11.8 Å². The molecule has 7 heteroatoms. The lowest BCUT2D eigenvalue weighted by molar-refractivity contribution is -0.490. The van der Waals surface area contributed by atoms with Gasteiger partial charge in [-0.2, -0.15) is 5.06 Å². The largest absolute Gasteiger partial charge is 0.324 e. The van der Waals surface area contributed by atoms with Crippen LogP contribution in [0.1, 0.15) is 24.1 Å². The van der Waals surface area contributed by atoms with E-state index in [0.29, 0.717) is 16.8 Å². The van der Waals surface area contributed by atoms with Crippen LogP contribution in [0.25, 0.3) is 0 Å². The van der Waals surface area contributed by atoms with Crippen LogP contribution in [0.2, 0.25) is 0 Å². The maximum atomic E-state index is 13.3. The summed E-state index contributed by atoms with van der Waals surface area (Å²) in [7, 11) is 0. The van der Waals surface area contributed by atoms with Crippen molar-refractivity contribution in [1.82, 2.24) is 5.06 Å². The van der Waals surface area contributed by atoms with E-state index in [9.17, 15) is 20.1 Å². The third-order valence-corrected chi connectivity index (χ3v) is 5.87. The smallest absolute Gasteiger partial charge is 0.252 e. The summed E-state index contributed by atoms with van der Waals surface area (Å²) in [6.45, 7) is 5.42. The monoisotopic (exact) mass is 379 g/mol. The van der Waals surface area contributed by atoms with E-state index in [4.69, 9.17) is 0 Å². The van der Waals surface area contributed by atoms with Crippen molar-refractivity contribution in [2.75, 3.05) is 11.9 Å². The quantitative estimate of drug-likeness (QED) is 0.482. The number of nitrogens with one attached hydrogen (secondary N) is 1. The number of hydrogen-bond acceptors (Lipinski definition) is 5. The molecule has 4 rings (SSSR count). The van der Waals surface area contributed by atoms with Gasteiger partial charge in [0.05, 0.1) is 12.0 Å². The van der Waals surface area contributed by atoms with Gasteiger partial charge in [0, 0.05) is 22.1 Å². The second-order valence-electron chi connectivity index (χ2n) is 7.47. The van der Waals surface area contributed by atoms with Crippen LogP contribution < -0.4 is 5.32 Å². The van der Waals surface area contributed by atoms with Crippen LogP contribution in [0.5, 0.6) is 0 Å². The molecule has 2 aliphatic rings. The number of carbonyl (C=O) groups is 1. The topological polar surface area (TPSA) is 95.7 Å². The predicted octanol–water partition coefficient (Wildman–Crippen LogP) is 3.37. The summed E-state index contributed by atoms with van der Waals surface area (Å²) in [4.78, 5) is 24.4. The number of carbonyl (C=O) groups excluding carboxylic acids is 1. The normalized spacial score (nSPS) is 28.9. The van der Waals surface area contributed by atoms with Gasteiger partial charge in [-0.1, -0.05) is 60.7 Å². The minimum Gasteiger partial charge on any atom is -0.324 e. The number of nitro groups is 1. The molecule has 0 unspecified atom stereocenters. The molecule has 144 valence electrons. The molecule has 2 heterocycles. The van der Waals surface area contributed by atoms with Crippen LogP contribution in [-0.2, 0) is 10.3 Å². The molecule has 2 aromatic carbocycles. The Kier molecular flexibility index (Phi) is 4.28. The van der Waals surface area contributed by atoms with Crippen LogP contribution in [0.3, 0.4) is 0 Å². The zero-order valence-electron chi connectivity index (χ0n) is 15.4. The zero-order chi connectivity index (χ0) is 20.1. The van der Waals surface area contributed by atoms with Gasteiger partial charge in [0.15, 0.2) is 5.54 Å². The number of nitrogens with zero attached hydrogens (tertiary/aromatic N) is 2. The third kappa shape index (κ3) is 2.40. The average molecular weight is 379 g/mol. The Morgan fingerprint density at radius 3 is 2.54 bits per heavy atom. The Morgan fingerprint density at radius 1 is 1.25 bits per heavy atom. The first-order valence-electron chi connectivity index (χ1n) is 9.10. The molecule has 0 aliphatic carbocycles.